The molecule has 2 aromatic heterocycles. The maximum absolute atomic E-state index is 13.1. The molecule has 0 radical (unpaired) electrons. The minimum Gasteiger partial charge on any atom is -0.382 e. The number of hydrogen-bond donors (Lipinski definition) is 1. The van der Waals surface area contributed by atoms with Crippen molar-refractivity contribution in [1.82, 2.24) is 14.9 Å². The lowest BCUT2D eigenvalue weighted by atomic mass is 9.95. The van der Waals surface area contributed by atoms with Crippen molar-refractivity contribution in [3.8, 4) is 0 Å². The van der Waals surface area contributed by atoms with Crippen molar-refractivity contribution in [1.29, 1.82) is 0 Å². The smallest absolute Gasteiger partial charge is 0.254 e. The van der Waals surface area contributed by atoms with Gasteiger partial charge < -0.3 is 14.6 Å². The van der Waals surface area contributed by atoms with Gasteiger partial charge in [-0.05, 0) is 55.5 Å². The average Bonchev–Trinajstić information content (AvgIpc) is 3.09. The zero-order valence-electron chi connectivity index (χ0n) is 15.9. The second-order valence-corrected chi connectivity index (χ2v) is 7.19. The van der Waals surface area contributed by atoms with Crippen LogP contribution in [0.2, 0.25) is 0 Å². The highest BCUT2D eigenvalue weighted by Crippen LogP contribution is 2.30. The van der Waals surface area contributed by atoms with Crippen LogP contribution < -0.4 is 0 Å². The largest absolute Gasteiger partial charge is 0.382 e. The lowest BCUT2D eigenvalue weighted by molar-refractivity contribution is 0.0595. The number of nitrogens with one attached hydrogen (secondary N) is 1. The van der Waals surface area contributed by atoms with Crippen molar-refractivity contribution < 1.29 is 9.53 Å². The summed E-state index contributed by atoms with van der Waals surface area (Å²) in [4.78, 5) is 22.8. The second-order valence-electron chi connectivity index (χ2n) is 7.19. The second kappa shape index (κ2) is 7.53. The lowest BCUT2D eigenvalue weighted by Gasteiger charge is -2.27. The van der Waals surface area contributed by atoms with Crippen molar-refractivity contribution in [3.63, 3.8) is 0 Å². The molecule has 0 spiro atoms. The van der Waals surface area contributed by atoms with Gasteiger partial charge in [0, 0.05) is 42.5 Å². The molecule has 4 rings (SSSR count). The van der Waals surface area contributed by atoms with E-state index < -0.39 is 0 Å². The van der Waals surface area contributed by atoms with E-state index in [1.807, 2.05) is 37.4 Å². The van der Waals surface area contributed by atoms with E-state index in [1.165, 1.54) is 29.5 Å². The Morgan fingerprint density at radius 3 is 2.89 bits per heavy atom. The highest BCUT2D eigenvalue weighted by atomic mass is 16.5. The molecule has 0 saturated carbocycles. The third-order valence-electron chi connectivity index (χ3n) is 5.49. The number of carbonyl (C=O) groups is 1. The number of amides is 1. The van der Waals surface area contributed by atoms with Crippen LogP contribution in [0.15, 0.2) is 42.6 Å². The number of nitrogens with zero attached hydrogens (tertiary/aromatic N) is 2. The maximum atomic E-state index is 13.1. The Balaban J connectivity index is 1.64. The Kier molecular flexibility index (Phi) is 4.94. The molecule has 1 unspecified atom stereocenters. The Morgan fingerprint density at radius 1 is 1.26 bits per heavy atom. The van der Waals surface area contributed by atoms with Crippen LogP contribution in [-0.4, -0.2) is 41.5 Å². The number of carbonyl (C=O) groups excluding carboxylic acids is 1. The SMILES string of the molecule is COCC(c1ccccn1)N(C)C(=O)c1ccc2c3c([nH]c2c1)CCCC3. The predicted octanol–water partition coefficient (Wildman–Crippen LogP) is 3.90. The average molecular weight is 363 g/mol. The molecular formula is C22H25N3O2. The van der Waals surface area contributed by atoms with Gasteiger partial charge in [0.1, 0.15) is 0 Å². The van der Waals surface area contributed by atoms with Crippen molar-refractivity contribution in [2.75, 3.05) is 20.8 Å². The monoisotopic (exact) mass is 363 g/mol. The van der Waals surface area contributed by atoms with Gasteiger partial charge in [0.15, 0.2) is 0 Å². The predicted molar refractivity (Wildman–Crippen MR) is 106 cm³/mol. The van der Waals surface area contributed by atoms with E-state index in [0.29, 0.717) is 12.2 Å². The molecule has 140 valence electrons. The minimum atomic E-state index is -0.226. The lowest BCUT2D eigenvalue weighted by Crippen LogP contribution is -2.34. The Morgan fingerprint density at radius 2 is 2.11 bits per heavy atom. The molecule has 27 heavy (non-hydrogen) atoms. The number of fused-ring (bicyclic) bond motifs is 3. The first-order valence-electron chi connectivity index (χ1n) is 9.49. The van der Waals surface area contributed by atoms with Crippen molar-refractivity contribution in [3.05, 3.63) is 65.1 Å². The molecule has 1 aliphatic rings. The van der Waals surface area contributed by atoms with E-state index in [2.05, 4.69) is 16.0 Å². The molecule has 1 N–H and O–H groups in total. The Bertz CT molecular complexity index is 949. The summed E-state index contributed by atoms with van der Waals surface area (Å²) in [7, 11) is 3.45. The zero-order chi connectivity index (χ0) is 18.8. The molecule has 0 aliphatic heterocycles. The maximum Gasteiger partial charge on any atom is 0.254 e. The highest BCUT2D eigenvalue weighted by Gasteiger charge is 2.24. The first-order valence-corrected chi connectivity index (χ1v) is 9.49. The van der Waals surface area contributed by atoms with Crippen molar-refractivity contribution in [2.24, 2.45) is 0 Å². The third kappa shape index (κ3) is 3.35. The van der Waals surface area contributed by atoms with Crippen LogP contribution in [0.1, 0.15) is 46.2 Å². The van der Waals surface area contributed by atoms with Gasteiger partial charge in [0.2, 0.25) is 0 Å². The fraction of sp³-hybridized carbons (Fsp3) is 0.364. The molecule has 1 atom stereocenters. The van der Waals surface area contributed by atoms with Crippen LogP contribution in [0.25, 0.3) is 10.9 Å². The van der Waals surface area contributed by atoms with Gasteiger partial charge in [-0.2, -0.15) is 0 Å². The van der Waals surface area contributed by atoms with Crippen LogP contribution in [0.5, 0.6) is 0 Å². The minimum absolute atomic E-state index is 0.0304. The van der Waals surface area contributed by atoms with Crippen molar-refractivity contribution in [2.45, 2.75) is 31.7 Å². The molecule has 0 fully saturated rings. The van der Waals surface area contributed by atoms with Gasteiger partial charge >= 0.3 is 0 Å². The van der Waals surface area contributed by atoms with E-state index in [9.17, 15) is 4.79 Å². The molecular weight excluding hydrogens is 338 g/mol. The third-order valence-corrected chi connectivity index (χ3v) is 5.49. The number of aromatic amines is 1. The fourth-order valence-corrected chi connectivity index (χ4v) is 4.02. The molecule has 0 saturated heterocycles. The summed E-state index contributed by atoms with van der Waals surface area (Å²) >= 11 is 0. The summed E-state index contributed by atoms with van der Waals surface area (Å²) < 4.78 is 5.35. The van der Waals surface area contributed by atoms with Gasteiger partial charge in [0.05, 0.1) is 18.3 Å². The number of rotatable bonds is 5. The van der Waals surface area contributed by atoms with Gasteiger partial charge in [-0.15, -0.1) is 0 Å². The number of pyridine rings is 1. The van der Waals surface area contributed by atoms with Gasteiger partial charge in [-0.25, -0.2) is 0 Å². The molecule has 1 aromatic carbocycles. The first-order chi connectivity index (χ1) is 13.2. The standard InChI is InChI=1S/C22H25N3O2/c1-25(21(14-27-2)19-9-5-6-12-23-19)22(26)15-10-11-17-16-7-3-4-8-18(16)24-20(17)13-15/h5-6,9-13,21,24H,3-4,7-8,14H2,1-2H3. The van der Waals surface area contributed by atoms with E-state index in [0.717, 1.165) is 24.1 Å². The van der Waals surface area contributed by atoms with E-state index in [-0.39, 0.29) is 11.9 Å². The summed E-state index contributed by atoms with van der Waals surface area (Å²) in [6.45, 7) is 0.401. The summed E-state index contributed by atoms with van der Waals surface area (Å²) in [5.74, 6) is -0.0304. The number of methoxy groups -OCH3 is 1. The van der Waals surface area contributed by atoms with Gasteiger partial charge in [0.25, 0.3) is 5.91 Å². The number of aryl methyl sites for hydroxylation is 2. The van der Waals surface area contributed by atoms with Gasteiger partial charge in [-0.1, -0.05) is 12.1 Å². The topological polar surface area (TPSA) is 58.2 Å². The molecule has 3 aromatic rings. The number of aromatic nitrogens is 2. The Labute approximate surface area is 159 Å². The normalized spacial score (nSPS) is 14.7. The molecule has 5 nitrogen and oxygen atoms in total. The summed E-state index contributed by atoms with van der Waals surface area (Å²) in [6.07, 6.45) is 6.44. The fourth-order valence-electron chi connectivity index (χ4n) is 4.02. The summed E-state index contributed by atoms with van der Waals surface area (Å²) in [5.41, 5.74) is 5.32. The number of hydrogen-bond acceptors (Lipinski definition) is 3. The van der Waals surface area contributed by atoms with E-state index in [4.69, 9.17) is 4.74 Å². The van der Waals surface area contributed by atoms with Crippen LogP contribution in [0.4, 0.5) is 0 Å². The quantitative estimate of drug-likeness (QED) is 0.748. The summed E-state index contributed by atoms with van der Waals surface area (Å²) in [5, 5.41) is 1.25. The highest BCUT2D eigenvalue weighted by molar-refractivity contribution is 5.99. The Hall–Kier alpha value is -2.66. The molecule has 2 heterocycles. The zero-order valence-corrected chi connectivity index (χ0v) is 15.9. The van der Waals surface area contributed by atoms with E-state index >= 15 is 0 Å². The molecule has 5 heteroatoms. The molecule has 1 aliphatic carbocycles. The summed E-state index contributed by atoms with van der Waals surface area (Å²) in [6, 6.07) is 11.5. The van der Waals surface area contributed by atoms with Crippen LogP contribution in [0, 0.1) is 0 Å². The number of benzene rings is 1. The van der Waals surface area contributed by atoms with Crippen LogP contribution in [-0.2, 0) is 17.6 Å². The van der Waals surface area contributed by atoms with Crippen molar-refractivity contribution >= 4 is 16.8 Å². The van der Waals surface area contributed by atoms with Gasteiger partial charge in [-0.3, -0.25) is 9.78 Å². The molecule has 1 amide bonds. The van der Waals surface area contributed by atoms with Crippen LogP contribution in [0.3, 0.4) is 0 Å². The molecule has 0 bridgehead atoms. The number of ether oxygens (including phenoxy) is 1. The van der Waals surface area contributed by atoms with Crippen LogP contribution >= 0.6 is 0 Å². The first kappa shape index (κ1) is 17.7. The number of likely N-dealkylation sites (N-methyl/N-ethyl adjacent to an activating group) is 1. The number of H-pyrrole nitrogens is 1. The van der Waals surface area contributed by atoms with E-state index in [1.54, 1.807) is 18.2 Å².